The number of aromatic nitrogens is 1. The fourth-order valence-corrected chi connectivity index (χ4v) is 2.83. The molecular weight excluding hydrogens is 307 g/mol. The summed E-state index contributed by atoms with van der Waals surface area (Å²) in [6.07, 6.45) is 2.29. The largest absolute Gasteiger partial charge is 0.375 e. The molecule has 1 heterocycles. The molecule has 0 bridgehead atoms. The first-order valence-corrected chi connectivity index (χ1v) is 8.48. The van der Waals surface area contributed by atoms with Gasteiger partial charge in [-0.05, 0) is 29.8 Å². The lowest BCUT2D eigenvalue weighted by Gasteiger charge is -2.18. The predicted molar refractivity (Wildman–Crippen MR) is 82.0 cm³/mol. The van der Waals surface area contributed by atoms with Crippen molar-refractivity contribution in [2.24, 2.45) is 0 Å². The van der Waals surface area contributed by atoms with Gasteiger partial charge in [0.2, 0.25) is 0 Å². The van der Waals surface area contributed by atoms with Crippen molar-refractivity contribution in [2.75, 3.05) is 25.2 Å². The number of halogens is 1. The summed E-state index contributed by atoms with van der Waals surface area (Å²) in [4.78, 5) is 4.18. The predicted octanol–water partition coefficient (Wildman–Crippen LogP) is 2.42. The molecule has 2 aromatic rings. The van der Waals surface area contributed by atoms with Gasteiger partial charge in [0.15, 0.2) is 9.84 Å². The SMILES string of the molecule is COC(CNc1ncccc1S(C)(=O)=O)c1ccc(F)cc1. The molecule has 22 heavy (non-hydrogen) atoms. The first-order chi connectivity index (χ1) is 10.4. The lowest BCUT2D eigenvalue weighted by Crippen LogP contribution is -2.17. The Morgan fingerprint density at radius 3 is 2.55 bits per heavy atom. The summed E-state index contributed by atoms with van der Waals surface area (Å²) in [5.41, 5.74) is 0.785. The third kappa shape index (κ3) is 4.02. The highest BCUT2D eigenvalue weighted by molar-refractivity contribution is 7.90. The van der Waals surface area contributed by atoms with E-state index in [1.165, 1.54) is 31.5 Å². The highest BCUT2D eigenvalue weighted by Gasteiger charge is 2.16. The van der Waals surface area contributed by atoms with Crippen LogP contribution in [0.25, 0.3) is 0 Å². The van der Waals surface area contributed by atoms with Gasteiger partial charge in [-0.2, -0.15) is 0 Å². The minimum absolute atomic E-state index is 0.129. The molecule has 2 rings (SSSR count). The quantitative estimate of drug-likeness (QED) is 0.884. The van der Waals surface area contributed by atoms with Crippen molar-refractivity contribution in [1.82, 2.24) is 4.98 Å². The van der Waals surface area contributed by atoms with Crippen molar-refractivity contribution in [2.45, 2.75) is 11.0 Å². The Morgan fingerprint density at radius 2 is 1.95 bits per heavy atom. The van der Waals surface area contributed by atoms with Crippen molar-refractivity contribution in [3.8, 4) is 0 Å². The molecule has 118 valence electrons. The number of methoxy groups -OCH3 is 1. The highest BCUT2D eigenvalue weighted by Crippen LogP contribution is 2.21. The van der Waals surface area contributed by atoms with E-state index in [-0.39, 0.29) is 22.6 Å². The van der Waals surface area contributed by atoms with E-state index in [1.54, 1.807) is 18.2 Å². The molecular formula is C15H17FN2O3S. The van der Waals surface area contributed by atoms with E-state index in [0.717, 1.165) is 11.8 Å². The van der Waals surface area contributed by atoms with E-state index in [1.807, 2.05) is 0 Å². The molecule has 5 nitrogen and oxygen atoms in total. The highest BCUT2D eigenvalue weighted by atomic mass is 32.2. The number of anilines is 1. The summed E-state index contributed by atoms with van der Waals surface area (Å²) in [5.74, 6) is -0.0511. The van der Waals surface area contributed by atoms with Crippen LogP contribution in [-0.2, 0) is 14.6 Å². The van der Waals surface area contributed by atoms with Crippen LogP contribution in [0.3, 0.4) is 0 Å². The average Bonchev–Trinajstić information content (AvgIpc) is 2.49. The van der Waals surface area contributed by atoms with Crippen molar-refractivity contribution in [3.05, 3.63) is 54.0 Å². The van der Waals surface area contributed by atoms with E-state index in [2.05, 4.69) is 10.3 Å². The number of ether oxygens (including phenoxy) is 1. The molecule has 0 aliphatic rings. The van der Waals surface area contributed by atoms with Crippen LogP contribution >= 0.6 is 0 Å². The van der Waals surface area contributed by atoms with Gasteiger partial charge in [0.1, 0.15) is 16.5 Å². The van der Waals surface area contributed by atoms with Crippen LogP contribution in [0.15, 0.2) is 47.5 Å². The number of hydrogen-bond donors (Lipinski definition) is 1. The number of nitrogens with one attached hydrogen (secondary N) is 1. The van der Waals surface area contributed by atoms with Crippen LogP contribution in [0.1, 0.15) is 11.7 Å². The monoisotopic (exact) mass is 324 g/mol. The van der Waals surface area contributed by atoms with E-state index < -0.39 is 9.84 Å². The molecule has 1 aromatic carbocycles. The second kappa shape index (κ2) is 6.85. The number of benzene rings is 1. The normalized spacial score (nSPS) is 12.9. The minimum Gasteiger partial charge on any atom is -0.375 e. The average molecular weight is 324 g/mol. The Hall–Kier alpha value is -1.99. The van der Waals surface area contributed by atoms with Crippen molar-refractivity contribution >= 4 is 15.7 Å². The zero-order valence-electron chi connectivity index (χ0n) is 12.3. The van der Waals surface area contributed by atoms with E-state index in [0.29, 0.717) is 6.54 Å². The maximum Gasteiger partial charge on any atom is 0.179 e. The maximum absolute atomic E-state index is 13.0. The Kier molecular flexibility index (Phi) is 5.10. The van der Waals surface area contributed by atoms with E-state index in [4.69, 9.17) is 4.74 Å². The van der Waals surface area contributed by atoms with E-state index in [9.17, 15) is 12.8 Å². The van der Waals surface area contributed by atoms with Gasteiger partial charge in [-0.25, -0.2) is 17.8 Å². The molecule has 1 N–H and O–H groups in total. The molecule has 0 spiro atoms. The summed E-state index contributed by atoms with van der Waals surface area (Å²) in [6.45, 7) is 0.307. The van der Waals surface area contributed by atoms with Crippen LogP contribution in [-0.4, -0.2) is 33.3 Å². The van der Waals surface area contributed by atoms with Crippen LogP contribution < -0.4 is 5.32 Å². The van der Waals surface area contributed by atoms with Gasteiger partial charge in [-0.3, -0.25) is 0 Å². The van der Waals surface area contributed by atoms with Gasteiger partial charge < -0.3 is 10.1 Å². The summed E-state index contributed by atoms with van der Waals surface area (Å²) < 4.78 is 41.8. The molecule has 0 saturated carbocycles. The number of hydrogen-bond acceptors (Lipinski definition) is 5. The fourth-order valence-electron chi connectivity index (χ4n) is 2.03. The van der Waals surface area contributed by atoms with Crippen LogP contribution in [0.2, 0.25) is 0 Å². The lowest BCUT2D eigenvalue weighted by molar-refractivity contribution is 0.114. The minimum atomic E-state index is -3.37. The van der Waals surface area contributed by atoms with Gasteiger partial charge in [0.25, 0.3) is 0 Å². The fraction of sp³-hybridized carbons (Fsp3) is 0.267. The Labute approximate surface area is 129 Å². The van der Waals surface area contributed by atoms with Crippen molar-refractivity contribution in [1.29, 1.82) is 0 Å². The van der Waals surface area contributed by atoms with Gasteiger partial charge in [-0.1, -0.05) is 12.1 Å². The number of rotatable bonds is 6. The van der Waals surface area contributed by atoms with Crippen LogP contribution in [0.5, 0.6) is 0 Å². The molecule has 0 aliphatic carbocycles. The molecule has 0 fully saturated rings. The molecule has 0 saturated heterocycles. The molecule has 1 unspecified atom stereocenters. The maximum atomic E-state index is 13.0. The summed E-state index contributed by atoms with van der Waals surface area (Å²) in [6, 6.07) is 9.01. The summed E-state index contributed by atoms with van der Waals surface area (Å²) in [7, 11) is -1.84. The Balaban J connectivity index is 2.16. The third-order valence-electron chi connectivity index (χ3n) is 3.15. The summed E-state index contributed by atoms with van der Waals surface area (Å²) >= 11 is 0. The second-order valence-corrected chi connectivity index (χ2v) is 6.76. The van der Waals surface area contributed by atoms with Gasteiger partial charge in [0.05, 0.1) is 6.10 Å². The number of pyridine rings is 1. The smallest absolute Gasteiger partial charge is 0.179 e. The zero-order valence-corrected chi connectivity index (χ0v) is 13.1. The molecule has 1 aromatic heterocycles. The van der Waals surface area contributed by atoms with Crippen LogP contribution in [0, 0.1) is 5.82 Å². The Bertz CT molecular complexity index is 733. The first-order valence-electron chi connectivity index (χ1n) is 6.59. The van der Waals surface area contributed by atoms with Gasteiger partial charge in [0, 0.05) is 26.1 Å². The third-order valence-corrected chi connectivity index (χ3v) is 4.28. The van der Waals surface area contributed by atoms with E-state index >= 15 is 0 Å². The lowest BCUT2D eigenvalue weighted by atomic mass is 10.1. The molecule has 0 radical (unpaired) electrons. The van der Waals surface area contributed by atoms with Crippen molar-refractivity contribution in [3.63, 3.8) is 0 Å². The van der Waals surface area contributed by atoms with Crippen molar-refractivity contribution < 1.29 is 17.5 Å². The Morgan fingerprint density at radius 1 is 1.27 bits per heavy atom. The second-order valence-electron chi connectivity index (χ2n) is 4.78. The van der Waals surface area contributed by atoms with Crippen LogP contribution in [0.4, 0.5) is 10.2 Å². The molecule has 0 aliphatic heterocycles. The molecule has 1 atom stereocenters. The number of nitrogens with zero attached hydrogens (tertiary/aromatic N) is 1. The zero-order chi connectivity index (χ0) is 16.2. The standard InChI is InChI=1S/C15H17FN2O3S/c1-21-13(11-5-7-12(16)8-6-11)10-18-15-14(22(2,19)20)4-3-9-17-15/h3-9,13H,10H2,1-2H3,(H,17,18). The number of sulfone groups is 1. The summed E-state index contributed by atoms with van der Waals surface area (Å²) in [5, 5.41) is 2.97. The molecule has 7 heteroatoms. The van der Waals surface area contributed by atoms with Gasteiger partial charge >= 0.3 is 0 Å². The molecule has 0 amide bonds. The topological polar surface area (TPSA) is 68.3 Å². The first kappa shape index (κ1) is 16.4. The van der Waals surface area contributed by atoms with Gasteiger partial charge in [-0.15, -0.1) is 0 Å².